The molecule has 100 valence electrons. The summed E-state index contributed by atoms with van der Waals surface area (Å²) in [6.07, 6.45) is 1.59. The van der Waals surface area contributed by atoms with Crippen molar-refractivity contribution in [3.8, 4) is 5.75 Å². The molecule has 0 bridgehead atoms. The summed E-state index contributed by atoms with van der Waals surface area (Å²) in [7, 11) is 0. The number of amides is 1. The van der Waals surface area contributed by atoms with E-state index < -0.39 is 0 Å². The lowest BCUT2D eigenvalue weighted by Gasteiger charge is -2.13. The van der Waals surface area contributed by atoms with Gasteiger partial charge in [-0.05, 0) is 23.3 Å². The van der Waals surface area contributed by atoms with Crippen molar-refractivity contribution in [2.24, 2.45) is 0 Å². The number of H-pyrrole nitrogens is 1. The Hall–Kier alpha value is -2.69. The fourth-order valence-corrected chi connectivity index (χ4v) is 2.66. The standard InChI is InChI=1S/C15H12N2O3/c18-11-2-1-9-7-17(8-10(9)5-11)15(19)13-6-14-12(16-13)3-4-20-14/h1-6,16,18H,7-8H2. The van der Waals surface area contributed by atoms with E-state index in [-0.39, 0.29) is 11.7 Å². The van der Waals surface area contributed by atoms with Crippen LogP contribution in [-0.4, -0.2) is 20.9 Å². The van der Waals surface area contributed by atoms with Gasteiger partial charge in [0.15, 0.2) is 5.58 Å². The van der Waals surface area contributed by atoms with E-state index in [9.17, 15) is 9.90 Å². The molecule has 4 rings (SSSR count). The van der Waals surface area contributed by atoms with Crippen LogP contribution in [0.2, 0.25) is 0 Å². The lowest BCUT2D eigenvalue weighted by Crippen LogP contribution is -2.25. The smallest absolute Gasteiger partial charge is 0.271 e. The van der Waals surface area contributed by atoms with Crippen LogP contribution in [0.4, 0.5) is 0 Å². The van der Waals surface area contributed by atoms with Crippen LogP contribution in [0.5, 0.6) is 5.75 Å². The van der Waals surface area contributed by atoms with Crippen LogP contribution in [0.25, 0.3) is 11.1 Å². The van der Waals surface area contributed by atoms with Crippen LogP contribution in [0.3, 0.4) is 0 Å². The minimum atomic E-state index is -0.0629. The van der Waals surface area contributed by atoms with Crippen molar-refractivity contribution < 1.29 is 14.3 Å². The Kier molecular flexibility index (Phi) is 2.18. The number of carbonyl (C=O) groups excluding carboxylic acids is 1. The number of aromatic amines is 1. The second kappa shape index (κ2) is 3.90. The quantitative estimate of drug-likeness (QED) is 0.712. The van der Waals surface area contributed by atoms with Gasteiger partial charge in [-0.1, -0.05) is 6.07 Å². The predicted molar refractivity (Wildman–Crippen MR) is 72.2 cm³/mol. The maximum Gasteiger partial charge on any atom is 0.271 e. The first kappa shape index (κ1) is 11.2. The zero-order chi connectivity index (χ0) is 13.7. The Balaban J connectivity index is 1.63. The van der Waals surface area contributed by atoms with Gasteiger partial charge in [0, 0.05) is 25.2 Å². The summed E-state index contributed by atoms with van der Waals surface area (Å²) >= 11 is 0. The van der Waals surface area contributed by atoms with Gasteiger partial charge >= 0.3 is 0 Å². The number of phenols is 1. The molecule has 1 aromatic carbocycles. The molecule has 5 heteroatoms. The molecule has 0 radical (unpaired) electrons. The molecule has 2 aromatic heterocycles. The number of hydrogen-bond donors (Lipinski definition) is 2. The molecule has 2 N–H and O–H groups in total. The summed E-state index contributed by atoms with van der Waals surface area (Å²) in [6.45, 7) is 1.08. The summed E-state index contributed by atoms with van der Waals surface area (Å²) in [5.74, 6) is 0.169. The minimum absolute atomic E-state index is 0.0629. The van der Waals surface area contributed by atoms with Crippen molar-refractivity contribution in [2.45, 2.75) is 13.1 Å². The number of aromatic hydroxyl groups is 1. The van der Waals surface area contributed by atoms with Gasteiger partial charge < -0.3 is 19.4 Å². The first-order valence-corrected chi connectivity index (χ1v) is 6.37. The second-order valence-electron chi connectivity index (χ2n) is 5.00. The van der Waals surface area contributed by atoms with E-state index in [2.05, 4.69) is 4.98 Å². The highest BCUT2D eigenvalue weighted by Crippen LogP contribution is 2.28. The van der Waals surface area contributed by atoms with Crippen LogP contribution in [0.1, 0.15) is 21.6 Å². The molecule has 3 heterocycles. The van der Waals surface area contributed by atoms with Crippen LogP contribution in [0.15, 0.2) is 41.0 Å². The maximum absolute atomic E-state index is 12.5. The maximum atomic E-state index is 12.5. The molecule has 5 nitrogen and oxygen atoms in total. The molecule has 1 aliphatic rings. The molecule has 0 aliphatic carbocycles. The summed E-state index contributed by atoms with van der Waals surface area (Å²) in [5, 5.41) is 9.48. The highest BCUT2D eigenvalue weighted by Gasteiger charge is 2.25. The lowest BCUT2D eigenvalue weighted by molar-refractivity contribution is 0.0746. The number of rotatable bonds is 1. The third-order valence-corrected chi connectivity index (χ3v) is 3.67. The highest BCUT2D eigenvalue weighted by atomic mass is 16.3. The molecule has 0 saturated carbocycles. The van der Waals surface area contributed by atoms with Gasteiger partial charge in [0.05, 0.1) is 11.8 Å². The first-order valence-electron chi connectivity index (χ1n) is 6.37. The molecular weight excluding hydrogens is 256 g/mol. The molecule has 1 aliphatic heterocycles. The SMILES string of the molecule is O=C(c1cc2occc2[nH]1)N1Cc2ccc(O)cc2C1. The number of hydrogen-bond acceptors (Lipinski definition) is 3. The number of phenolic OH excluding ortho intramolecular Hbond substituents is 1. The van der Waals surface area contributed by atoms with Crippen LogP contribution >= 0.6 is 0 Å². The Morgan fingerprint density at radius 3 is 2.90 bits per heavy atom. The van der Waals surface area contributed by atoms with Crippen molar-refractivity contribution in [1.29, 1.82) is 0 Å². The van der Waals surface area contributed by atoms with Gasteiger partial charge in [-0.3, -0.25) is 4.79 Å². The first-order chi connectivity index (χ1) is 9.70. The lowest BCUT2D eigenvalue weighted by atomic mass is 10.1. The summed E-state index contributed by atoms with van der Waals surface area (Å²) in [4.78, 5) is 17.3. The van der Waals surface area contributed by atoms with Gasteiger partial charge in [0.2, 0.25) is 0 Å². The molecule has 0 unspecified atom stereocenters. The molecule has 20 heavy (non-hydrogen) atoms. The molecule has 0 spiro atoms. The van der Waals surface area contributed by atoms with Gasteiger partial charge in [0.1, 0.15) is 11.4 Å². The summed E-state index contributed by atoms with van der Waals surface area (Å²) in [5.41, 5.74) is 4.10. The van der Waals surface area contributed by atoms with Crippen molar-refractivity contribution >= 4 is 17.0 Å². The van der Waals surface area contributed by atoms with Crippen molar-refractivity contribution in [3.05, 3.63) is 53.4 Å². The fraction of sp³-hybridized carbons (Fsp3) is 0.133. The van der Waals surface area contributed by atoms with E-state index in [0.717, 1.165) is 16.6 Å². The molecule has 0 atom stereocenters. The van der Waals surface area contributed by atoms with Gasteiger partial charge in [-0.25, -0.2) is 0 Å². The highest BCUT2D eigenvalue weighted by molar-refractivity contribution is 5.97. The number of nitrogens with one attached hydrogen (secondary N) is 1. The Bertz CT molecular complexity index is 787. The van der Waals surface area contributed by atoms with Gasteiger partial charge in [-0.2, -0.15) is 0 Å². The Morgan fingerprint density at radius 2 is 2.05 bits per heavy atom. The van der Waals surface area contributed by atoms with Crippen molar-refractivity contribution in [3.63, 3.8) is 0 Å². The molecule has 3 aromatic rings. The van der Waals surface area contributed by atoms with Gasteiger partial charge in [0.25, 0.3) is 5.91 Å². The monoisotopic (exact) mass is 268 g/mol. The third kappa shape index (κ3) is 1.60. The zero-order valence-corrected chi connectivity index (χ0v) is 10.6. The van der Waals surface area contributed by atoms with Crippen LogP contribution < -0.4 is 0 Å². The molecule has 1 amide bonds. The molecule has 0 saturated heterocycles. The van der Waals surface area contributed by atoms with E-state index in [4.69, 9.17) is 4.42 Å². The average molecular weight is 268 g/mol. The number of benzene rings is 1. The van der Waals surface area contributed by atoms with E-state index in [1.165, 1.54) is 0 Å². The number of carbonyl (C=O) groups is 1. The number of furan rings is 1. The van der Waals surface area contributed by atoms with Crippen molar-refractivity contribution in [2.75, 3.05) is 0 Å². The normalized spacial score (nSPS) is 13.9. The predicted octanol–water partition coefficient (Wildman–Crippen LogP) is 2.62. The fourth-order valence-electron chi connectivity index (χ4n) is 2.66. The largest absolute Gasteiger partial charge is 0.508 e. The minimum Gasteiger partial charge on any atom is -0.508 e. The second-order valence-corrected chi connectivity index (χ2v) is 5.00. The summed E-state index contributed by atoms with van der Waals surface area (Å²) < 4.78 is 5.25. The van der Waals surface area contributed by atoms with Gasteiger partial charge in [-0.15, -0.1) is 0 Å². The average Bonchev–Trinajstić information content (AvgIpc) is 3.10. The molecular formula is C15H12N2O3. The van der Waals surface area contributed by atoms with Crippen molar-refractivity contribution in [1.82, 2.24) is 9.88 Å². The van der Waals surface area contributed by atoms with E-state index in [0.29, 0.717) is 24.4 Å². The summed E-state index contributed by atoms with van der Waals surface area (Å²) in [6, 6.07) is 8.73. The molecule has 0 fully saturated rings. The van der Waals surface area contributed by atoms with E-state index in [1.54, 1.807) is 35.4 Å². The number of nitrogens with zero attached hydrogens (tertiary/aromatic N) is 1. The zero-order valence-electron chi connectivity index (χ0n) is 10.6. The van der Waals surface area contributed by atoms with E-state index in [1.807, 2.05) is 6.07 Å². The van der Waals surface area contributed by atoms with E-state index >= 15 is 0 Å². The van der Waals surface area contributed by atoms with Crippen LogP contribution in [0, 0.1) is 0 Å². The topological polar surface area (TPSA) is 69.5 Å². The third-order valence-electron chi connectivity index (χ3n) is 3.67. The Morgan fingerprint density at radius 1 is 1.20 bits per heavy atom. The Labute approximate surface area is 114 Å². The number of aromatic nitrogens is 1. The van der Waals surface area contributed by atoms with Crippen LogP contribution in [-0.2, 0) is 13.1 Å². The number of fused-ring (bicyclic) bond motifs is 2.